The van der Waals surface area contributed by atoms with Gasteiger partial charge < -0.3 is 4.74 Å². The van der Waals surface area contributed by atoms with Gasteiger partial charge in [-0.25, -0.2) is 4.39 Å². The van der Waals surface area contributed by atoms with E-state index in [-0.39, 0.29) is 18.6 Å². The molecular weight excluding hydrogens is 368 g/mol. The number of alkyl halides is 1. The predicted molar refractivity (Wildman–Crippen MR) is 114 cm³/mol. The summed E-state index contributed by atoms with van der Waals surface area (Å²) < 4.78 is 33.0. The second-order valence-electron chi connectivity index (χ2n) is 8.12. The van der Waals surface area contributed by atoms with E-state index in [1.807, 2.05) is 18.2 Å². The van der Waals surface area contributed by atoms with Crippen molar-refractivity contribution in [2.45, 2.75) is 45.1 Å². The minimum atomic E-state index is -0.258. The summed E-state index contributed by atoms with van der Waals surface area (Å²) in [5.74, 6) is 0.758. The highest BCUT2D eigenvalue weighted by Crippen LogP contribution is 2.35. The highest BCUT2D eigenvalue weighted by molar-refractivity contribution is 5.83. The Bertz CT molecular complexity index is 875. The van der Waals surface area contributed by atoms with E-state index < -0.39 is 0 Å². The molecule has 4 heteroatoms. The molecule has 4 rings (SSSR count). The van der Waals surface area contributed by atoms with E-state index in [0.29, 0.717) is 6.42 Å². The van der Waals surface area contributed by atoms with Crippen molar-refractivity contribution in [1.29, 1.82) is 0 Å². The lowest BCUT2D eigenvalue weighted by molar-refractivity contribution is 0.198. The van der Waals surface area contributed by atoms with Crippen LogP contribution in [0.25, 0.3) is 5.57 Å². The van der Waals surface area contributed by atoms with Crippen molar-refractivity contribution in [2.75, 3.05) is 26.3 Å². The van der Waals surface area contributed by atoms with Gasteiger partial charge in [-0.3, -0.25) is 9.29 Å². The van der Waals surface area contributed by atoms with Gasteiger partial charge in [-0.1, -0.05) is 24.3 Å². The summed E-state index contributed by atoms with van der Waals surface area (Å²) in [6.45, 7) is 4.43. The van der Waals surface area contributed by atoms with Crippen molar-refractivity contribution < 1.29 is 13.5 Å². The Hall–Kier alpha value is -2.20. The molecule has 1 aliphatic heterocycles. The van der Waals surface area contributed by atoms with E-state index in [2.05, 4.69) is 30.0 Å². The number of fused-ring (bicyclic) bond motifs is 1. The molecule has 0 unspecified atom stereocenters. The largest absolute Gasteiger partial charge is 0.489 e. The number of likely N-dealkylation sites (tertiary alicyclic amines) is 1. The van der Waals surface area contributed by atoms with Crippen molar-refractivity contribution in [1.82, 2.24) is 4.90 Å². The van der Waals surface area contributed by atoms with Crippen molar-refractivity contribution in [3.8, 4) is 5.75 Å². The molecule has 154 valence electrons. The first-order valence-electron chi connectivity index (χ1n) is 10.7. The normalized spacial score (nSPS) is 19.6. The number of halogens is 2. The average Bonchev–Trinajstić information content (AvgIpc) is 3.04. The Balaban J connectivity index is 1.49. The van der Waals surface area contributed by atoms with Gasteiger partial charge in [0.15, 0.2) is 0 Å². The first-order chi connectivity index (χ1) is 14.2. The molecule has 2 nitrogen and oxygen atoms in total. The van der Waals surface area contributed by atoms with Crippen LogP contribution in [0.2, 0.25) is 0 Å². The van der Waals surface area contributed by atoms with Gasteiger partial charge in [0.25, 0.3) is 0 Å². The Morgan fingerprint density at radius 1 is 1.14 bits per heavy atom. The minimum absolute atomic E-state index is 0.100. The van der Waals surface area contributed by atoms with Crippen LogP contribution in [0.5, 0.6) is 5.75 Å². The third kappa shape index (κ3) is 4.53. The van der Waals surface area contributed by atoms with Crippen LogP contribution in [0.1, 0.15) is 47.9 Å². The highest BCUT2D eigenvalue weighted by Gasteiger charge is 2.24. The Morgan fingerprint density at radius 3 is 2.76 bits per heavy atom. The Morgan fingerprint density at radius 2 is 1.97 bits per heavy atom. The number of nitrogens with zero attached hydrogens (tertiary/aromatic N) is 1. The maximum atomic E-state index is 14.4. The molecular formula is C25H29F2NO. The van der Waals surface area contributed by atoms with Crippen LogP contribution in [-0.2, 0) is 6.42 Å². The zero-order chi connectivity index (χ0) is 20.2. The molecule has 0 saturated carbocycles. The molecule has 0 spiro atoms. The van der Waals surface area contributed by atoms with Gasteiger partial charge in [-0.05, 0) is 85.1 Å². The molecule has 1 atom stereocenters. The second kappa shape index (κ2) is 9.08. The maximum absolute atomic E-state index is 14.4. The van der Waals surface area contributed by atoms with E-state index in [4.69, 9.17) is 4.74 Å². The molecule has 2 aromatic rings. The fourth-order valence-corrected chi connectivity index (χ4v) is 4.53. The number of allylic oxidation sites excluding steroid dienone is 1. The molecule has 1 fully saturated rings. The SMILES string of the molecule is Cc1ccc(F)c2c1C(c1ccc(O[C@H]3CCN(CCCF)C3)cc1)=CCCC2. The zero-order valence-corrected chi connectivity index (χ0v) is 17.1. The third-order valence-electron chi connectivity index (χ3n) is 6.02. The minimum Gasteiger partial charge on any atom is -0.489 e. The quantitative estimate of drug-likeness (QED) is 0.619. The molecule has 2 aromatic carbocycles. The van der Waals surface area contributed by atoms with Gasteiger partial charge in [-0.2, -0.15) is 0 Å². The van der Waals surface area contributed by atoms with Gasteiger partial charge in [0.1, 0.15) is 17.7 Å². The zero-order valence-electron chi connectivity index (χ0n) is 17.1. The molecule has 29 heavy (non-hydrogen) atoms. The van der Waals surface area contributed by atoms with E-state index in [1.54, 1.807) is 6.07 Å². The molecule has 0 radical (unpaired) electrons. The lowest BCUT2D eigenvalue weighted by atomic mass is 9.90. The smallest absolute Gasteiger partial charge is 0.127 e. The van der Waals surface area contributed by atoms with E-state index in [1.165, 1.54) is 0 Å². The fraction of sp³-hybridized carbons (Fsp3) is 0.440. The lowest BCUT2D eigenvalue weighted by Crippen LogP contribution is -2.26. The molecule has 0 N–H and O–H groups in total. The van der Waals surface area contributed by atoms with Gasteiger partial charge in [0.2, 0.25) is 0 Å². The molecule has 0 bridgehead atoms. The van der Waals surface area contributed by atoms with Crippen molar-refractivity contribution in [3.63, 3.8) is 0 Å². The van der Waals surface area contributed by atoms with E-state index in [0.717, 1.165) is 78.9 Å². The van der Waals surface area contributed by atoms with Crippen LogP contribution >= 0.6 is 0 Å². The van der Waals surface area contributed by atoms with Crippen molar-refractivity contribution >= 4 is 5.57 Å². The summed E-state index contributed by atoms with van der Waals surface area (Å²) in [4.78, 5) is 2.27. The first kappa shape index (κ1) is 20.1. The predicted octanol–water partition coefficient (Wildman–Crippen LogP) is 5.71. The summed E-state index contributed by atoms with van der Waals surface area (Å²) >= 11 is 0. The summed E-state index contributed by atoms with van der Waals surface area (Å²) in [6, 6.07) is 11.7. The van der Waals surface area contributed by atoms with Gasteiger partial charge >= 0.3 is 0 Å². The van der Waals surface area contributed by atoms with Gasteiger partial charge in [-0.15, -0.1) is 0 Å². The number of hydrogen-bond donors (Lipinski definition) is 0. The summed E-state index contributed by atoms with van der Waals surface area (Å²) in [5.41, 5.74) is 5.24. The number of ether oxygens (including phenoxy) is 1. The van der Waals surface area contributed by atoms with E-state index >= 15 is 0 Å². The number of rotatable bonds is 6. The van der Waals surface area contributed by atoms with Crippen LogP contribution in [0.15, 0.2) is 42.5 Å². The van der Waals surface area contributed by atoms with Gasteiger partial charge in [0, 0.05) is 19.6 Å². The molecule has 2 aliphatic rings. The van der Waals surface area contributed by atoms with E-state index in [9.17, 15) is 8.78 Å². The van der Waals surface area contributed by atoms with Crippen LogP contribution in [0, 0.1) is 12.7 Å². The third-order valence-corrected chi connectivity index (χ3v) is 6.02. The van der Waals surface area contributed by atoms with Crippen molar-refractivity contribution in [2.24, 2.45) is 0 Å². The number of benzene rings is 2. The molecule has 1 aliphatic carbocycles. The first-order valence-corrected chi connectivity index (χ1v) is 10.7. The summed E-state index contributed by atoms with van der Waals surface area (Å²) in [7, 11) is 0. The molecule has 0 amide bonds. The maximum Gasteiger partial charge on any atom is 0.127 e. The number of aryl methyl sites for hydroxylation is 1. The van der Waals surface area contributed by atoms with Gasteiger partial charge in [0.05, 0.1) is 6.67 Å². The number of hydrogen-bond acceptors (Lipinski definition) is 2. The van der Waals surface area contributed by atoms with Crippen molar-refractivity contribution in [3.05, 3.63) is 70.5 Å². The summed E-state index contributed by atoms with van der Waals surface area (Å²) in [5, 5.41) is 0. The molecule has 1 heterocycles. The Kier molecular flexibility index (Phi) is 6.29. The highest BCUT2D eigenvalue weighted by atomic mass is 19.1. The fourth-order valence-electron chi connectivity index (χ4n) is 4.53. The Labute approximate surface area is 172 Å². The standard InChI is InChI=1S/C25H29F2NO/c1-18-7-12-24(27)23-6-3-2-5-22(25(18)23)19-8-10-20(11-9-19)29-21-13-16-28(17-21)15-4-14-26/h5,7-12,21H,2-4,6,13-17H2,1H3/t21-/m0/s1. The topological polar surface area (TPSA) is 12.5 Å². The van der Waals surface area contributed by atoms with Crippen LogP contribution < -0.4 is 4.74 Å². The van der Waals surface area contributed by atoms with Crippen LogP contribution in [0.4, 0.5) is 8.78 Å². The average molecular weight is 398 g/mol. The van der Waals surface area contributed by atoms with Crippen LogP contribution in [0.3, 0.4) is 0 Å². The lowest BCUT2D eigenvalue weighted by Gasteiger charge is -2.18. The monoisotopic (exact) mass is 397 g/mol. The second-order valence-corrected chi connectivity index (χ2v) is 8.12. The van der Waals surface area contributed by atoms with Crippen LogP contribution in [-0.4, -0.2) is 37.3 Å². The summed E-state index contributed by atoms with van der Waals surface area (Å²) in [6.07, 6.45) is 6.69. The molecule has 0 aromatic heterocycles. The molecule has 1 saturated heterocycles.